The summed E-state index contributed by atoms with van der Waals surface area (Å²) in [7, 11) is 0. The monoisotopic (exact) mass is 352 g/mol. The van der Waals surface area contributed by atoms with Crippen LogP contribution in [0.4, 0.5) is 10.5 Å². The highest BCUT2D eigenvalue weighted by Gasteiger charge is 2.09. The van der Waals surface area contributed by atoms with Crippen molar-refractivity contribution >= 4 is 28.4 Å². The average molecular weight is 352 g/mol. The van der Waals surface area contributed by atoms with E-state index in [2.05, 4.69) is 15.6 Å². The van der Waals surface area contributed by atoms with Gasteiger partial charge >= 0.3 is 11.7 Å². The number of H-pyrrole nitrogens is 1. The van der Waals surface area contributed by atoms with Crippen molar-refractivity contribution in [2.45, 2.75) is 13.6 Å². The number of carbonyl (C=O) groups excluding carboxylic acids is 2. The summed E-state index contributed by atoms with van der Waals surface area (Å²) in [6.07, 6.45) is 0. The number of rotatable bonds is 4. The molecule has 0 atom stereocenters. The van der Waals surface area contributed by atoms with E-state index < -0.39 is 17.3 Å². The molecule has 3 rings (SSSR count). The Morgan fingerprint density at radius 2 is 1.73 bits per heavy atom. The smallest absolute Gasteiger partial charge is 0.320 e. The van der Waals surface area contributed by atoms with Crippen LogP contribution >= 0.6 is 0 Å². The Labute approximate surface area is 147 Å². The molecule has 26 heavy (non-hydrogen) atoms. The molecule has 0 aliphatic carbocycles. The Kier molecular flexibility index (Phi) is 4.66. The van der Waals surface area contributed by atoms with Crippen molar-refractivity contribution in [2.24, 2.45) is 0 Å². The molecule has 1 heterocycles. The fourth-order valence-corrected chi connectivity index (χ4v) is 2.46. The first kappa shape index (κ1) is 17.2. The first-order valence-corrected chi connectivity index (χ1v) is 7.83. The number of nitrogens with zero attached hydrogens (tertiary/aromatic N) is 1. The standard InChI is InChI=1S/C18H16N4O4/c1-11(23)12-6-8-13(9-7-12)20-17(25)19-10-22-16(24)14-4-2-3-5-15(14)21-18(22)26/h2-9H,10H2,1H3,(H,21,26)(H2,19,20,25). The maximum Gasteiger partial charge on any atom is 0.330 e. The number of aromatic nitrogens is 2. The number of ketones is 1. The van der Waals surface area contributed by atoms with E-state index >= 15 is 0 Å². The van der Waals surface area contributed by atoms with Crippen LogP contribution in [0.3, 0.4) is 0 Å². The molecule has 0 spiro atoms. The summed E-state index contributed by atoms with van der Waals surface area (Å²) in [6.45, 7) is 1.17. The second-order valence-electron chi connectivity index (χ2n) is 5.63. The minimum absolute atomic E-state index is 0.0732. The number of anilines is 1. The van der Waals surface area contributed by atoms with Gasteiger partial charge in [-0.2, -0.15) is 0 Å². The predicted molar refractivity (Wildman–Crippen MR) is 97.4 cm³/mol. The number of carbonyl (C=O) groups is 2. The molecule has 0 aliphatic heterocycles. The minimum Gasteiger partial charge on any atom is -0.320 e. The second-order valence-corrected chi connectivity index (χ2v) is 5.63. The number of hydrogen-bond acceptors (Lipinski definition) is 4. The number of Topliss-reactive ketones (excluding diaryl/α,β-unsaturated/α-hetero) is 1. The molecule has 3 N–H and O–H groups in total. The highest BCUT2D eigenvalue weighted by atomic mass is 16.2. The van der Waals surface area contributed by atoms with Gasteiger partial charge in [0, 0.05) is 11.3 Å². The lowest BCUT2D eigenvalue weighted by atomic mass is 10.1. The molecule has 0 saturated carbocycles. The van der Waals surface area contributed by atoms with Gasteiger partial charge in [0.1, 0.15) is 6.67 Å². The van der Waals surface area contributed by atoms with Crippen molar-refractivity contribution in [1.82, 2.24) is 14.9 Å². The van der Waals surface area contributed by atoms with Crippen molar-refractivity contribution in [1.29, 1.82) is 0 Å². The fourth-order valence-electron chi connectivity index (χ4n) is 2.46. The summed E-state index contributed by atoms with van der Waals surface area (Å²) < 4.78 is 0.904. The number of urea groups is 1. The molecule has 0 radical (unpaired) electrons. The van der Waals surface area contributed by atoms with Gasteiger partial charge in [0.25, 0.3) is 5.56 Å². The van der Waals surface area contributed by atoms with E-state index in [0.29, 0.717) is 22.2 Å². The fraction of sp³-hybridized carbons (Fsp3) is 0.111. The normalized spacial score (nSPS) is 10.5. The van der Waals surface area contributed by atoms with Gasteiger partial charge in [0.2, 0.25) is 0 Å². The molecule has 0 saturated heterocycles. The van der Waals surface area contributed by atoms with Crippen molar-refractivity contribution in [3.63, 3.8) is 0 Å². The maximum absolute atomic E-state index is 12.4. The molecule has 0 bridgehead atoms. The van der Waals surface area contributed by atoms with Crippen molar-refractivity contribution in [3.05, 3.63) is 74.9 Å². The molecule has 0 aliphatic rings. The summed E-state index contributed by atoms with van der Waals surface area (Å²) in [4.78, 5) is 50.2. The number of para-hydroxylation sites is 1. The summed E-state index contributed by atoms with van der Waals surface area (Å²) in [5, 5.41) is 5.38. The van der Waals surface area contributed by atoms with Gasteiger partial charge in [-0.1, -0.05) is 12.1 Å². The van der Waals surface area contributed by atoms with Crippen LogP contribution in [-0.4, -0.2) is 21.4 Å². The van der Waals surface area contributed by atoms with Crippen molar-refractivity contribution in [3.8, 4) is 0 Å². The number of fused-ring (bicyclic) bond motifs is 1. The Hall–Kier alpha value is -3.68. The zero-order chi connectivity index (χ0) is 18.7. The largest absolute Gasteiger partial charge is 0.330 e. The number of benzene rings is 2. The first-order valence-electron chi connectivity index (χ1n) is 7.83. The Bertz CT molecular complexity index is 1100. The van der Waals surface area contributed by atoms with Crippen LogP contribution in [0.25, 0.3) is 10.9 Å². The van der Waals surface area contributed by atoms with Gasteiger partial charge in [0.15, 0.2) is 5.78 Å². The molecule has 8 nitrogen and oxygen atoms in total. The van der Waals surface area contributed by atoms with E-state index in [9.17, 15) is 19.2 Å². The van der Waals surface area contributed by atoms with E-state index in [0.717, 1.165) is 4.57 Å². The van der Waals surface area contributed by atoms with Crippen LogP contribution in [0.15, 0.2) is 58.1 Å². The number of nitrogens with one attached hydrogen (secondary N) is 3. The second kappa shape index (κ2) is 7.06. The van der Waals surface area contributed by atoms with Crippen LogP contribution in [0.1, 0.15) is 17.3 Å². The van der Waals surface area contributed by atoms with Crippen LogP contribution < -0.4 is 21.9 Å². The topological polar surface area (TPSA) is 113 Å². The lowest BCUT2D eigenvalue weighted by Crippen LogP contribution is -2.42. The third kappa shape index (κ3) is 3.54. The number of hydrogen-bond donors (Lipinski definition) is 3. The summed E-state index contributed by atoms with van der Waals surface area (Å²) in [6, 6.07) is 12.4. The van der Waals surface area contributed by atoms with E-state index in [4.69, 9.17) is 0 Å². The van der Waals surface area contributed by atoms with Crippen LogP contribution in [0.5, 0.6) is 0 Å². The highest BCUT2D eigenvalue weighted by molar-refractivity contribution is 5.95. The average Bonchev–Trinajstić information content (AvgIpc) is 2.62. The lowest BCUT2D eigenvalue weighted by Gasteiger charge is -2.10. The summed E-state index contributed by atoms with van der Waals surface area (Å²) >= 11 is 0. The third-order valence-corrected chi connectivity index (χ3v) is 3.84. The van der Waals surface area contributed by atoms with Crippen LogP contribution in [-0.2, 0) is 6.67 Å². The molecule has 2 aromatic carbocycles. The highest BCUT2D eigenvalue weighted by Crippen LogP contribution is 2.09. The summed E-state index contributed by atoms with van der Waals surface area (Å²) in [5.41, 5.74) is 0.349. The SMILES string of the molecule is CC(=O)c1ccc(NC(=O)NCn2c(=O)[nH]c3ccccc3c2=O)cc1. The first-order chi connectivity index (χ1) is 12.5. The zero-order valence-corrected chi connectivity index (χ0v) is 13.9. The van der Waals surface area contributed by atoms with Gasteiger partial charge in [-0.3, -0.25) is 9.59 Å². The molecule has 0 fully saturated rings. The van der Waals surface area contributed by atoms with E-state index in [1.165, 1.54) is 6.92 Å². The van der Waals surface area contributed by atoms with Crippen LogP contribution in [0.2, 0.25) is 0 Å². The molecule has 2 amide bonds. The van der Waals surface area contributed by atoms with Gasteiger partial charge < -0.3 is 15.6 Å². The third-order valence-electron chi connectivity index (χ3n) is 3.84. The molecule has 0 unspecified atom stereocenters. The Morgan fingerprint density at radius 1 is 1.04 bits per heavy atom. The van der Waals surface area contributed by atoms with Crippen molar-refractivity contribution in [2.75, 3.05) is 5.32 Å². The van der Waals surface area contributed by atoms with E-state index in [1.54, 1.807) is 48.5 Å². The zero-order valence-electron chi connectivity index (χ0n) is 13.9. The molecule has 8 heteroatoms. The lowest BCUT2D eigenvalue weighted by molar-refractivity contribution is 0.101. The Morgan fingerprint density at radius 3 is 2.42 bits per heavy atom. The number of amides is 2. The van der Waals surface area contributed by atoms with E-state index in [-0.39, 0.29) is 12.5 Å². The molecule has 1 aromatic heterocycles. The quantitative estimate of drug-likeness (QED) is 0.620. The van der Waals surface area contributed by atoms with Gasteiger partial charge in [0.05, 0.1) is 10.9 Å². The van der Waals surface area contributed by atoms with E-state index in [1.807, 2.05) is 0 Å². The van der Waals surface area contributed by atoms with Gasteiger partial charge in [-0.15, -0.1) is 0 Å². The molecule has 3 aromatic rings. The Balaban J connectivity index is 1.72. The predicted octanol–water partition coefficient (Wildman–Crippen LogP) is 1.67. The molecular weight excluding hydrogens is 336 g/mol. The van der Waals surface area contributed by atoms with Gasteiger partial charge in [-0.25, -0.2) is 14.2 Å². The van der Waals surface area contributed by atoms with Crippen LogP contribution in [0, 0.1) is 0 Å². The minimum atomic E-state index is -0.611. The summed E-state index contributed by atoms with van der Waals surface area (Å²) in [5.74, 6) is -0.0732. The maximum atomic E-state index is 12.4. The molecule has 132 valence electrons. The molecular formula is C18H16N4O4. The van der Waals surface area contributed by atoms with Crippen molar-refractivity contribution < 1.29 is 9.59 Å². The van der Waals surface area contributed by atoms with Gasteiger partial charge in [-0.05, 0) is 43.3 Å². The number of aromatic amines is 1.